The molecule has 1 aromatic rings. The van der Waals surface area contributed by atoms with E-state index in [4.69, 9.17) is 23.2 Å². The van der Waals surface area contributed by atoms with Crippen LogP contribution in [0.5, 0.6) is 0 Å². The van der Waals surface area contributed by atoms with Gasteiger partial charge < -0.3 is 20.4 Å². The lowest BCUT2D eigenvalue weighted by atomic mass is 10.3. The van der Waals surface area contributed by atoms with Gasteiger partial charge in [0.05, 0.1) is 29.3 Å². The maximum absolute atomic E-state index is 12.2. The molecule has 0 aliphatic heterocycles. The molecule has 26 heavy (non-hydrogen) atoms. The van der Waals surface area contributed by atoms with Gasteiger partial charge in [-0.25, -0.2) is 0 Å². The summed E-state index contributed by atoms with van der Waals surface area (Å²) in [7, 11) is 3.28. The number of halogens is 2. The monoisotopic (exact) mass is 403 g/mol. The number of carbonyl (C=O) groups is 3. The molecule has 0 saturated carbocycles. The summed E-state index contributed by atoms with van der Waals surface area (Å²) in [4.78, 5) is 38.0. The van der Waals surface area contributed by atoms with Crippen LogP contribution in [0, 0.1) is 0 Å². The van der Waals surface area contributed by atoms with Crippen LogP contribution in [0.25, 0.3) is 0 Å². The molecule has 1 atom stereocenters. The number of benzene rings is 1. The van der Waals surface area contributed by atoms with E-state index in [2.05, 4.69) is 10.6 Å². The van der Waals surface area contributed by atoms with E-state index < -0.39 is 5.91 Å². The Morgan fingerprint density at radius 2 is 1.73 bits per heavy atom. The third-order valence-corrected chi connectivity index (χ3v) is 4.15. The highest BCUT2D eigenvalue weighted by atomic mass is 35.5. The average Bonchev–Trinajstić information content (AvgIpc) is 2.56. The molecule has 1 rings (SSSR count). The highest BCUT2D eigenvalue weighted by Crippen LogP contribution is 2.29. The lowest BCUT2D eigenvalue weighted by Gasteiger charge is -2.20. The molecule has 0 aromatic heterocycles. The zero-order valence-corrected chi connectivity index (χ0v) is 16.7. The van der Waals surface area contributed by atoms with Crippen LogP contribution in [-0.2, 0) is 14.4 Å². The Kier molecular flexibility index (Phi) is 9.40. The van der Waals surface area contributed by atoms with Crippen molar-refractivity contribution in [2.24, 2.45) is 0 Å². The zero-order valence-electron chi connectivity index (χ0n) is 15.2. The number of rotatable bonds is 9. The first-order valence-electron chi connectivity index (χ1n) is 8.30. The van der Waals surface area contributed by atoms with Gasteiger partial charge in [0.25, 0.3) is 11.8 Å². The molecule has 7 nitrogen and oxygen atoms in total. The van der Waals surface area contributed by atoms with Crippen LogP contribution in [0.1, 0.15) is 13.3 Å². The van der Waals surface area contributed by atoms with Crippen LogP contribution >= 0.6 is 23.2 Å². The van der Waals surface area contributed by atoms with E-state index in [1.54, 1.807) is 25.2 Å². The summed E-state index contributed by atoms with van der Waals surface area (Å²) in [6.07, 6.45) is 0.858. The number of nitrogens with zero attached hydrogens (tertiary/aromatic N) is 1. The summed E-state index contributed by atoms with van der Waals surface area (Å²) in [6, 6.07) is 4.89. The molecule has 144 valence electrons. The Bertz CT molecular complexity index is 635. The molecule has 3 N–H and O–H groups in total. The fourth-order valence-electron chi connectivity index (χ4n) is 2.16. The number of para-hydroxylation sites is 1. The van der Waals surface area contributed by atoms with Gasteiger partial charge in [-0.1, -0.05) is 36.2 Å². The molecule has 0 fully saturated rings. The summed E-state index contributed by atoms with van der Waals surface area (Å²) < 4.78 is 0. The van der Waals surface area contributed by atoms with E-state index >= 15 is 0 Å². The maximum Gasteiger partial charge on any atom is 0.277 e. The zero-order chi connectivity index (χ0) is 19.7. The highest BCUT2D eigenvalue weighted by Gasteiger charge is 2.19. The minimum Gasteiger partial charge on any atom is -0.351 e. The molecule has 0 bridgehead atoms. The Balaban J connectivity index is 2.48. The minimum atomic E-state index is -0.408. The van der Waals surface area contributed by atoms with Gasteiger partial charge in [0, 0.05) is 13.6 Å². The van der Waals surface area contributed by atoms with Gasteiger partial charge in [-0.2, -0.15) is 0 Å². The Hall–Kier alpha value is -1.83. The van der Waals surface area contributed by atoms with Crippen molar-refractivity contribution in [2.45, 2.75) is 13.3 Å². The fourth-order valence-corrected chi connectivity index (χ4v) is 2.65. The Morgan fingerprint density at radius 1 is 1.12 bits per heavy atom. The van der Waals surface area contributed by atoms with Gasteiger partial charge in [-0.3, -0.25) is 14.4 Å². The SMILES string of the molecule is CCCNC(=O)C[NH+](C)CC(=O)N(C)CC(=O)Nc1c(Cl)cccc1Cl. The van der Waals surface area contributed by atoms with E-state index in [0.717, 1.165) is 11.3 Å². The summed E-state index contributed by atoms with van der Waals surface area (Å²) in [6.45, 7) is 2.74. The van der Waals surface area contributed by atoms with Gasteiger partial charge in [-0.15, -0.1) is 0 Å². The van der Waals surface area contributed by atoms with Gasteiger partial charge in [-0.05, 0) is 18.6 Å². The molecule has 3 amide bonds. The van der Waals surface area contributed by atoms with Crippen molar-refractivity contribution in [3.63, 3.8) is 0 Å². The van der Waals surface area contributed by atoms with Gasteiger partial charge in [0.1, 0.15) is 0 Å². The average molecular weight is 404 g/mol. The van der Waals surface area contributed by atoms with Gasteiger partial charge in [0.15, 0.2) is 13.1 Å². The summed E-state index contributed by atoms with van der Waals surface area (Å²) >= 11 is 12.0. The van der Waals surface area contributed by atoms with E-state index in [-0.39, 0.29) is 31.4 Å². The number of anilines is 1. The number of hydrogen-bond donors (Lipinski definition) is 3. The second-order valence-corrected chi connectivity index (χ2v) is 6.87. The molecule has 0 aliphatic carbocycles. The van der Waals surface area contributed by atoms with Gasteiger partial charge in [0.2, 0.25) is 5.91 Å². The van der Waals surface area contributed by atoms with E-state index in [9.17, 15) is 14.4 Å². The third kappa shape index (κ3) is 7.59. The highest BCUT2D eigenvalue weighted by molar-refractivity contribution is 6.39. The number of quaternary nitrogens is 1. The molecular weight excluding hydrogens is 379 g/mol. The van der Waals surface area contributed by atoms with E-state index in [1.165, 1.54) is 11.9 Å². The Morgan fingerprint density at radius 3 is 2.31 bits per heavy atom. The van der Waals surface area contributed by atoms with Crippen LogP contribution < -0.4 is 15.5 Å². The predicted octanol–water partition coefficient (Wildman–Crippen LogP) is 0.431. The number of likely N-dealkylation sites (N-methyl/N-ethyl adjacent to an activating group) is 2. The number of hydrogen-bond acceptors (Lipinski definition) is 3. The number of carbonyl (C=O) groups excluding carboxylic acids is 3. The van der Waals surface area contributed by atoms with Crippen LogP contribution in [0.3, 0.4) is 0 Å². The number of amides is 3. The van der Waals surface area contributed by atoms with Crippen LogP contribution in [0.2, 0.25) is 10.0 Å². The Labute approximate surface area is 163 Å². The molecule has 0 radical (unpaired) electrons. The molecular formula is C17H25Cl2N4O3+. The molecule has 0 saturated heterocycles. The molecule has 1 aromatic carbocycles. The summed E-state index contributed by atoms with van der Waals surface area (Å²) in [5.74, 6) is -0.758. The standard InChI is InChI=1S/C17H24Cl2N4O3/c1-4-8-20-14(24)9-22(2)11-16(26)23(3)10-15(25)21-17-12(18)6-5-7-13(17)19/h5-7H,4,8-11H2,1-3H3,(H,20,24)(H,21,25)/p+1. The van der Waals surface area contributed by atoms with Crippen LogP contribution in [0.15, 0.2) is 18.2 Å². The largest absolute Gasteiger partial charge is 0.351 e. The normalized spacial score (nSPS) is 11.6. The van der Waals surface area contributed by atoms with Crippen molar-refractivity contribution in [2.75, 3.05) is 45.6 Å². The second kappa shape index (κ2) is 11.0. The van der Waals surface area contributed by atoms with Crippen molar-refractivity contribution in [3.8, 4) is 0 Å². The molecule has 1 unspecified atom stereocenters. The quantitative estimate of drug-likeness (QED) is 0.559. The van der Waals surface area contributed by atoms with E-state index in [0.29, 0.717) is 22.3 Å². The first kappa shape index (κ1) is 22.2. The lowest BCUT2D eigenvalue weighted by Crippen LogP contribution is -3.11. The van der Waals surface area contributed by atoms with Crippen molar-refractivity contribution in [3.05, 3.63) is 28.2 Å². The third-order valence-electron chi connectivity index (χ3n) is 3.52. The fraction of sp³-hybridized carbons (Fsp3) is 0.471. The maximum atomic E-state index is 12.2. The van der Waals surface area contributed by atoms with Crippen LogP contribution in [0.4, 0.5) is 5.69 Å². The van der Waals surface area contributed by atoms with Crippen molar-refractivity contribution < 1.29 is 19.3 Å². The topological polar surface area (TPSA) is 83.0 Å². The van der Waals surface area contributed by atoms with Gasteiger partial charge >= 0.3 is 0 Å². The predicted molar refractivity (Wildman–Crippen MR) is 103 cm³/mol. The second-order valence-electron chi connectivity index (χ2n) is 6.06. The van der Waals surface area contributed by atoms with Crippen LogP contribution in [-0.4, -0.2) is 62.9 Å². The number of nitrogens with one attached hydrogen (secondary N) is 3. The van der Waals surface area contributed by atoms with Crippen molar-refractivity contribution >= 4 is 46.6 Å². The molecule has 9 heteroatoms. The molecule has 0 aliphatic rings. The lowest BCUT2D eigenvalue weighted by molar-refractivity contribution is -0.862. The van der Waals surface area contributed by atoms with E-state index in [1.807, 2.05) is 6.92 Å². The first-order valence-corrected chi connectivity index (χ1v) is 9.06. The van der Waals surface area contributed by atoms with Crippen molar-refractivity contribution in [1.82, 2.24) is 10.2 Å². The molecule has 0 spiro atoms. The van der Waals surface area contributed by atoms with Crippen molar-refractivity contribution in [1.29, 1.82) is 0 Å². The summed E-state index contributed by atoms with van der Waals surface area (Å²) in [5.41, 5.74) is 0.317. The molecule has 0 heterocycles. The first-order chi connectivity index (χ1) is 12.2. The summed E-state index contributed by atoms with van der Waals surface area (Å²) in [5, 5.41) is 6.01. The smallest absolute Gasteiger partial charge is 0.277 e. The minimum absolute atomic E-state index is 0.106.